The van der Waals surface area contributed by atoms with E-state index < -0.39 is 0 Å². The minimum absolute atomic E-state index is 0.0916. The van der Waals surface area contributed by atoms with Gasteiger partial charge in [-0.05, 0) is 23.8 Å². The van der Waals surface area contributed by atoms with E-state index in [0.29, 0.717) is 17.9 Å². The number of nitrogens with zero attached hydrogens (tertiary/aromatic N) is 1. The SMILES string of the molecule is CC(=O)Nc1cccc(N(CC(=O)NCc2ccccc2)C(C)=O)c1. The highest BCUT2D eigenvalue weighted by Crippen LogP contribution is 2.19. The molecule has 0 aliphatic rings. The number of hydrogen-bond acceptors (Lipinski definition) is 3. The lowest BCUT2D eigenvalue weighted by atomic mass is 10.2. The van der Waals surface area contributed by atoms with Crippen molar-refractivity contribution in [2.45, 2.75) is 20.4 Å². The van der Waals surface area contributed by atoms with Crippen molar-refractivity contribution >= 4 is 29.1 Å². The number of rotatable bonds is 6. The van der Waals surface area contributed by atoms with Gasteiger partial charge in [0.1, 0.15) is 6.54 Å². The molecule has 0 fully saturated rings. The molecular weight excluding hydrogens is 318 g/mol. The molecule has 0 bridgehead atoms. The average molecular weight is 339 g/mol. The lowest BCUT2D eigenvalue weighted by molar-refractivity contribution is -0.123. The van der Waals surface area contributed by atoms with Gasteiger partial charge in [0.05, 0.1) is 0 Å². The molecule has 0 saturated carbocycles. The molecule has 0 spiro atoms. The van der Waals surface area contributed by atoms with Gasteiger partial charge in [-0.2, -0.15) is 0 Å². The number of benzene rings is 2. The first kappa shape index (κ1) is 18.2. The van der Waals surface area contributed by atoms with Crippen LogP contribution in [0.5, 0.6) is 0 Å². The molecule has 25 heavy (non-hydrogen) atoms. The van der Waals surface area contributed by atoms with Crippen LogP contribution in [0.4, 0.5) is 11.4 Å². The first-order valence-corrected chi connectivity index (χ1v) is 7.92. The van der Waals surface area contributed by atoms with Gasteiger partial charge in [0, 0.05) is 31.8 Å². The molecule has 2 aromatic carbocycles. The Balaban J connectivity index is 2.04. The van der Waals surface area contributed by atoms with E-state index in [9.17, 15) is 14.4 Å². The van der Waals surface area contributed by atoms with Crippen LogP contribution < -0.4 is 15.5 Å². The summed E-state index contributed by atoms with van der Waals surface area (Å²) < 4.78 is 0. The summed E-state index contributed by atoms with van der Waals surface area (Å²) in [7, 11) is 0. The lowest BCUT2D eigenvalue weighted by Gasteiger charge is -2.21. The van der Waals surface area contributed by atoms with Crippen LogP contribution in [0.1, 0.15) is 19.4 Å². The lowest BCUT2D eigenvalue weighted by Crippen LogP contribution is -2.39. The molecule has 0 saturated heterocycles. The largest absolute Gasteiger partial charge is 0.350 e. The molecule has 0 unspecified atom stereocenters. The molecule has 0 atom stereocenters. The van der Waals surface area contributed by atoms with Crippen molar-refractivity contribution in [3.8, 4) is 0 Å². The quantitative estimate of drug-likeness (QED) is 0.848. The molecule has 0 radical (unpaired) electrons. The van der Waals surface area contributed by atoms with Gasteiger partial charge in [-0.3, -0.25) is 14.4 Å². The van der Waals surface area contributed by atoms with Gasteiger partial charge in [-0.25, -0.2) is 0 Å². The normalized spacial score (nSPS) is 10.0. The number of anilines is 2. The molecule has 0 heterocycles. The van der Waals surface area contributed by atoms with E-state index in [0.717, 1.165) is 5.56 Å². The first-order chi connectivity index (χ1) is 12.0. The van der Waals surface area contributed by atoms with Crippen LogP contribution >= 0.6 is 0 Å². The van der Waals surface area contributed by atoms with Crippen LogP contribution in [0, 0.1) is 0 Å². The zero-order valence-electron chi connectivity index (χ0n) is 14.3. The predicted octanol–water partition coefficient (Wildman–Crippen LogP) is 2.31. The van der Waals surface area contributed by atoms with Crippen LogP contribution in [0.15, 0.2) is 54.6 Å². The van der Waals surface area contributed by atoms with Crippen molar-refractivity contribution < 1.29 is 14.4 Å². The molecule has 3 amide bonds. The van der Waals surface area contributed by atoms with Gasteiger partial charge in [0.15, 0.2) is 0 Å². The van der Waals surface area contributed by atoms with E-state index in [1.165, 1.54) is 18.7 Å². The molecule has 2 rings (SSSR count). The zero-order valence-corrected chi connectivity index (χ0v) is 14.3. The van der Waals surface area contributed by atoms with Crippen LogP contribution in [-0.4, -0.2) is 24.3 Å². The Hall–Kier alpha value is -3.15. The number of amides is 3. The fraction of sp³-hybridized carbons (Fsp3) is 0.211. The Morgan fingerprint density at radius 3 is 2.32 bits per heavy atom. The molecule has 0 aromatic heterocycles. The monoisotopic (exact) mass is 339 g/mol. The second kappa shape index (κ2) is 8.63. The summed E-state index contributed by atoms with van der Waals surface area (Å²) >= 11 is 0. The number of hydrogen-bond donors (Lipinski definition) is 2. The van der Waals surface area contributed by atoms with E-state index in [1.807, 2.05) is 30.3 Å². The van der Waals surface area contributed by atoms with E-state index in [1.54, 1.807) is 24.3 Å². The van der Waals surface area contributed by atoms with Crippen LogP contribution in [0.25, 0.3) is 0 Å². The fourth-order valence-electron chi connectivity index (χ4n) is 2.34. The van der Waals surface area contributed by atoms with E-state index in [2.05, 4.69) is 10.6 Å². The summed E-state index contributed by atoms with van der Waals surface area (Å²) in [5.74, 6) is -0.717. The zero-order chi connectivity index (χ0) is 18.2. The number of carbonyl (C=O) groups excluding carboxylic acids is 3. The minimum Gasteiger partial charge on any atom is -0.350 e. The topological polar surface area (TPSA) is 78.5 Å². The second-order valence-electron chi connectivity index (χ2n) is 5.60. The van der Waals surface area contributed by atoms with Crippen molar-refractivity contribution in [3.05, 3.63) is 60.2 Å². The number of carbonyl (C=O) groups is 3. The van der Waals surface area contributed by atoms with Gasteiger partial charge in [0.2, 0.25) is 17.7 Å². The predicted molar refractivity (Wildman–Crippen MR) is 97.1 cm³/mol. The molecule has 2 N–H and O–H groups in total. The third-order valence-corrected chi connectivity index (χ3v) is 3.49. The third-order valence-electron chi connectivity index (χ3n) is 3.49. The summed E-state index contributed by atoms with van der Waals surface area (Å²) in [6.45, 7) is 3.12. The first-order valence-electron chi connectivity index (χ1n) is 7.92. The molecular formula is C19H21N3O3. The van der Waals surface area contributed by atoms with Gasteiger partial charge >= 0.3 is 0 Å². The minimum atomic E-state index is -0.260. The standard InChI is InChI=1S/C19H21N3O3/c1-14(23)21-17-9-6-10-18(11-17)22(15(2)24)13-19(25)20-12-16-7-4-3-5-8-16/h3-11H,12-13H2,1-2H3,(H,20,25)(H,21,23). The highest BCUT2D eigenvalue weighted by Gasteiger charge is 2.16. The maximum Gasteiger partial charge on any atom is 0.240 e. The van der Waals surface area contributed by atoms with E-state index >= 15 is 0 Å². The molecule has 130 valence electrons. The smallest absolute Gasteiger partial charge is 0.240 e. The summed E-state index contributed by atoms with van der Waals surface area (Å²) in [6, 6.07) is 16.4. The fourth-order valence-corrected chi connectivity index (χ4v) is 2.34. The van der Waals surface area contributed by atoms with Gasteiger partial charge in [-0.1, -0.05) is 36.4 Å². The highest BCUT2D eigenvalue weighted by atomic mass is 16.2. The Kier molecular flexibility index (Phi) is 6.28. The maximum atomic E-state index is 12.2. The highest BCUT2D eigenvalue weighted by molar-refractivity contribution is 5.98. The maximum absolute atomic E-state index is 12.2. The van der Waals surface area contributed by atoms with Gasteiger partial charge in [0.25, 0.3) is 0 Å². The molecule has 6 nitrogen and oxygen atoms in total. The van der Waals surface area contributed by atoms with Crippen molar-refractivity contribution in [1.82, 2.24) is 5.32 Å². The molecule has 6 heteroatoms. The summed E-state index contributed by atoms with van der Waals surface area (Å²) in [5, 5.41) is 5.46. The Morgan fingerprint density at radius 1 is 0.960 bits per heavy atom. The van der Waals surface area contributed by atoms with Gasteiger partial charge < -0.3 is 15.5 Å². The average Bonchev–Trinajstić information content (AvgIpc) is 2.58. The Bertz CT molecular complexity index is 760. The number of nitrogens with one attached hydrogen (secondary N) is 2. The Morgan fingerprint density at radius 2 is 1.68 bits per heavy atom. The van der Waals surface area contributed by atoms with Crippen LogP contribution in [0.2, 0.25) is 0 Å². The van der Waals surface area contributed by atoms with E-state index in [4.69, 9.17) is 0 Å². The molecule has 2 aromatic rings. The molecule has 0 aliphatic carbocycles. The van der Waals surface area contributed by atoms with Crippen molar-refractivity contribution in [1.29, 1.82) is 0 Å². The second-order valence-corrected chi connectivity index (χ2v) is 5.60. The summed E-state index contributed by atoms with van der Waals surface area (Å²) in [4.78, 5) is 36.7. The third kappa shape index (κ3) is 5.76. The van der Waals surface area contributed by atoms with Crippen LogP contribution in [0.3, 0.4) is 0 Å². The summed E-state index contributed by atoms with van der Waals surface area (Å²) in [6.07, 6.45) is 0. The Labute approximate surface area is 146 Å². The molecule has 0 aliphatic heterocycles. The summed E-state index contributed by atoms with van der Waals surface area (Å²) in [5.41, 5.74) is 2.10. The van der Waals surface area contributed by atoms with Crippen LogP contribution in [-0.2, 0) is 20.9 Å². The van der Waals surface area contributed by atoms with Crippen molar-refractivity contribution in [3.63, 3.8) is 0 Å². The van der Waals surface area contributed by atoms with E-state index in [-0.39, 0.29) is 24.3 Å². The van der Waals surface area contributed by atoms with Crippen molar-refractivity contribution in [2.24, 2.45) is 0 Å². The van der Waals surface area contributed by atoms with Gasteiger partial charge in [-0.15, -0.1) is 0 Å². The van der Waals surface area contributed by atoms with Crippen molar-refractivity contribution in [2.75, 3.05) is 16.8 Å².